The lowest BCUT2D eigenvalue weighted by atomic mass is 10.1. The Hall–Kier alpha value is -3.72. The maximum atomic E-state index is 12.3. The summed E-state index contributed by atoms with van der Waals surface area (Å²) >= 11 is 1.25. The van der Waals surface area contributed by atoms with E-state index in [0.29, 0.717) is 21.3 Å². The summed E-state index contributed by atoms with van der Waals surface area (Å²) < 4.78 is 1.64. The molecule has 0 saturated carbocycles. The van der Waals surface area contributed by atoms with Gasteiger partial charge in [0.1, 0.15) is 12.7 Å². The molecule has 1 fully saturated rings. The molecule has 9 heteroatoms. The average Bonchev–Trinajstić information content (AvgIpc) is 3.34. The van der Waals surface area contributed by atoms with Crippen molar-refractivity contribution in [1.82, 2.24) is 20.1 Å². The Morgan fingerprint density at radius 2 is 2.07 bits per heavy atom. The summed E-state index contributed by atoms with van der Waals surface area (Å²) in [6, 6.07) is 14.5. The first-order valence-corrected chi connectivity index (χ1v) is 9.44. The number of benzene rings is 2. The van der Waals surface area contributed by atoms with E-state index >= 15 is 0 Å². The summed E-state index contributed by atoms with van der Waals surface area (Å²) in [5.41, 5.74) is 3.03. The number of nitrogens with zero attached hydrogens (tertiary/aromatic N) is 4. The minimum absolute atomic E-state index is 0.0388. The van der Waals surface area contributed by atoms with Crippen molar-refractivity contribution in [3.63, 3.8) is 0 Å². The first kappa shape index (κ1) is 18.6. The van der Waals surface area contributed by atoms with Crippen LogP contribution in [0.25, 0.3) is 11.8 Å². The van der Waals surface area contributed by atoms with Crippen molar-refractivity contribution in [2.45, 2.75) is 6.42 Å². The van der Waals surface area contributed by atoms with E-state index in [1.54, 1.807) is 41.4 Å². The second kappa shape index (κ2) is 8.11. The molecule has 1 aliphatic rings. The molecule has 0 radical (unpaired) electrons. The number of amidine groups is 1. The number of thioether (sulfide) groups is 1. The van der Waals surface area contributed by atoms with E-state index in [-0.39, 0.29) is 12.3 Å². The number of carbonyl (C=O) groups excluding carboxylic acids is 1. The SMILES string of the molecule is O=C(O)Cc1ccc(N=C2NC(=O)/C(=C\c3cccc(-n4cncn4)c3)S2)cc1. The minimum Gasteiger partial charge on any atom is -0.481 e. The van der Waals surface area contributed by atoms with Gasteiger partial charge in [0.25, 0.3) is 5.91 Å². The van der Waals surface area contributed by atoms with Gasteiger partial charge in [-0.05, 0) is 53.2 Å². The molecule has 144 valence electrons. The molecule has 0 atom stereocenters. The predicted octanol–water partition coefficient (Wildman–Crippen LogP) is 2.79. The molecule has 0 spiro atoms. The van der Waals surface area contributed by atoms with Gasteiger partial charge < -0.3 is 10.4 Å². The Morgan fingerprint density at radius 3 is 2.79 bits per heavy atom. The van der Waals surface area contributed by atoms with E-state index in [2.05, 4.69) is 20.4 Å². The molecule has 8 nitrogen and oxygen atoms in total. The number of aliphatic carboxylic acids is 1. The smallest absolute Gasteiger partial charge is 0.307 e. The highest BCUT2D eigenvalue weighted by atomic mass is 32.2. The van der Waals surface area contributed by atoms with E-state index in [1.807, 2.05) is 24.3 Å². The number of carboxylic acids is 1. The van der Waals surface area contributed by atoms with Crippen LogP contribution >= 0.6 is 11.8 Å². The van der Waals surface area contributed by atoms with Crippen LogP contribution in [-0.4, -0.2) is 36.9 Å². The summed E-state index contributed by atoms with van der Waals surface area (Å²) in [5, 5.41) is 16.1. The maximum Gasteiger partial charge on any atom is 0.307 e. The molecular formula is C20H15N5O3S. The fourth-order valence-electron chi connectivity index (χ4n) is 2.71. The molecule has 1 aromatic heterocycles. The first-order chi connectivity index (χ1) is 14.1. The van der Waals surface area contributed by atoms with Gasteiger partial charge in [-0.2, -0.15) is 5.10 Å². The van der Waals surface area contributed by atoms with Crippen LogP contribution in [-0.2, 0) is 16.0 Å². The van der Waals surface area contributed by atoms with Gasteiger partial charge in [-0.1, -0.05) is 24.3 Å². The largest absolute Gasteiger partial charge is 0.481 e. The van der Waals surface area contributed by atoms with E-state index in [9.17, 15) is 9.59 Å². The van der Waals surface area contributed by atoms with Crippen molar-refractivity contribution >= 4 is 40.6 Å². The second-order valence-electron chi connectivity index (χ2n) is 6.15. The van der Waals surface area contributed by atoms with Crippen LogP contribution in [0.15, 0.2) is 71.1 Å². The Kier molecular flexibility index (Phi) is 5.21. The highest BCUT2D eigenvalue weighted by molar-refractivity contribution is 8.18. The van der Waals surface area contributed by atoms with Gasteiger partial charge in [-0.15, -0.1) is 0 Å². The summed E-state index contributed by atoms with van der Waals surface area (Å²) in [6.45, 7) is 0. The van der Waals surface area contributed by atoms with E-state index in [0.717, 1.165) is 11.3 Å². The zero-order chi connectivity index (χ0) is 20.2. The number of aliphatic imine (C=N–C) groups is 1. The fraction of sp³-hybridized carbons (Fsp3) is 0.0500. The van der Waals surface area contributed by atoms with Crippen LogP contribution in [0.2, 0.25) is 0 Å². The normalized spacial score (nSPS) is 16.3. The number of nitrogens with one attached hydrogen (secondary N) is 1. The topological polar surface area (TPSA) is 109 Å². The van der Waals surface area contributed by atoms with Crippen molar-refractivity contribution in [2.24, 2.45) is 4.99 Å². The molecule has 0 unspecified atom stereocenters. The van der Waals surface area contributed by atoms with Crippen LogP contribution in [0.4, 0.5) is 5.69 Å². The molecule has 4 rings (SSSR count). The van der Waals surface area contributed by atoms with Crippen LogP contribution in [0.5, 0.6) is 0 Å². The van der Waals surface area contributed by atoms with Gasteiger partial charge in [-0.25, -0.2) is 14.7 Å². The highest BCUT2D eigenvalue weighted by Gasteiger charge is 2.23. The Bertz CT molecular complexity index is 1120. The van der Waals surface area contributed by atoms with Crippen molar-refractivity contribution in [1.29, 1.82) is 0 Å². The molecule has 3 aromatic rings. The second-order valence-corrected chi connectivity index (χ2v) is 7.18. The highest BCUT2D eigenvalue weighted by Crippen LogP contribution is 2.28. The van der Waals surface area contributed by atoms with Gasteiger partial charge in [0.05, 0.1) is 22.7 Å². The van der Waals surface area contributed by atoms with Crippen LogP contribution in [0.3, 0.4) is 0 Å². The van der Waals surface area contributed by atoms with Gasteiger partial charge in [0.15, 0.2) is 5.17 Å². The number of aromatic nitrogens is 3. The number of hydrogen-bond donors (Lipinski definition) is 2. The van der Waals surface area contributed by atoms with Crippen molar-refractivity contribution in [2.75, 3.05) is 0 Å². The molecule has 1 amide bonds. The zero-order valence-corrected chi connectivity index (χ0v) is 15.8. The number of carboxylic acid groups (broad SMARTS) is 1. The summed E-state index contributed by atoms with van der Waals surface area (Å²) in [6.07, 6.45) is 4.82. The van der Waals surface area contributed by atoms with E-state index < -0.39 is 5.97 Å². The predicted molar refractivity (Wildman–Crippen MR) is 110 cm³/mol. The monoisotopic (exact) mass is 405 g/mol. The standard InChI is InChI=1S/C20H15N5O3S/c26-18(27)10-13-4-6-15(7-5-13)23-20-24-19(28)17(29-20)9-14-2-1-3-16(8-14)25-12-21-11-22-25/h1-9,11-12H,10H2,(H,26,27)(H,23,24,28)/b17-9+. The number of rotatable bonds is 5. The molecule has 0 aliphatic carbocycles. The van der Waals surface area contributed by atoms with Gasteiger partial charge in [-0.3, -0.25) is 9.59 Å². The van der Waals surface area contributed by atoms with Crippen LogP contribution in [0, 0.1) is 0 Å². The van der Waals surface area contributed by atoms with Crippen LogP contribution < -0.4 is 5.32 Å². The maximum absolute atomic E-state index is 12.3. The van der Waals surface area contributed by atoms with E-state index in [1.165, 1.54) is 18.1 Å². The Labute approximate surface area is 170 Å². The number of hydrogen-bond acceptors (Lipinski definition) is 6. The third-order valence-electron chi connectivity index (χ3n) is 4.02. The first-order valence-electron chi connectivity index (χ1n) is 8.62. The Morgan fingerprint density at radius 1 is 1.24 bits per heavy atom. The molecule has 0 bridgehead atoms. The molecular weight excluding hydrogens is 390 g/mol. The zero-order valence-electron chi connectivity index (χ0n) is 15.0. The molecule has 2 aromatic carbocycles. The summed E-state index contributed by atoms with van der Waals surface area (Å²) in [4.78, 5) is 31.9. The lowest BCUT2D eigenvalue weighted by Crippen LogP contribution is -2.19. The molecule has 2 N–H and O–H groups in total. The molecule has 1 aliphatic heterocycles. The summed E-state index contributed by atoms with van der Waals surface area (Å²) in [7, 11) is 0. The van der Waals surface area contributed by atoms with Gasteiger partial charge in [0.2, 0.25) is 0 Å². The lowest BCUT2D eigenvalue weighted by molar-refractivity contribution is -0.136. The fourth-order valence-corrected chi connectivity index (χ4v) is 3.55. The van der Waals surface area contributed by atoms with E-state index in [4.69, 9.17) is 5.11 Å². The average molecular weight is 405 g/mol. The Balaban J connectivity index is 1.51. The van der Waals surface area contributed by atoms with Crippen molar-refractivity contribution < 1.29 is 14.7 Å². The minimum atomic E-state index is -0.884. The van der Waals surface area contributed by atoms with Gasteiger partial charge >= 0.3 is 5.97 Å². The molecule has 29 heavy (non-hydrogen) atoms. The third-order valence-corrected chi connectivity index (χ3v) is 4.93. The lowest BCUT2D eigenvalue weighted by Gasteiger charge is -2.02. The summed E-state index contributed by atoms with van der Waals surface area (Å²) in [5.74, 6) is -1.10. The molecule has 1 saturated heterocycles. The van der Waals surface area contributed by atoms with Crippen LogP contribution in [0.1, 0.15) is 11.1 Å². The number of carbonyl (C=O) groups is 2. The van der Waals surface area contributed by atoms with Crippen molar-refractivity contribution in [3.8, 4) is 5.69 Å². The van der Waals surface area contributed by atoms with Crippen molar-refractivity contribution in [3.05, 3.63) is 77.2 Å². The molecule has 2 heterocycles. The third kappa shape index (κ3) is 4.58. The number of amides is 1. The van der Waals surface area contributed by atoms with Gasteiger partial charge in [0, 0.05) is 0 Å². The quantitative estimate of drug-likeness (QED) is 0.632.